The van der Waals surface area contributed by atoms with Gasteiger partial charge in [-0.05, 0) is 6.42 Å². The Morgan fingerprint density at radius 3 is 3.14 bits per heavy atom. The second kappa shape index (κ2) is 6.92. The molecule has 1 saturated heterocycles. The molecule has 0 bridgehead atoms. The number of carbonyl (C=O) groups is 1. The average Bonchev–Trinajstić information content (AvgIpc) is 2.20. The van der Waals surface area contributed by atoms with E-state index in [-0.39, 0.29) is 0 Å². The molecule has 1 aliphatic heterocycles. The van der Waals surface area contributed by atoms with Crippen molar-refractivity contribution in [3.05, 3.63) is 0 Å². The minimum atomic E-state index is 0.347. The lowest BCUT2D eigenvalue weighted by atomic mass is 10.1. The predicted octanol–water partition coefficient (Wildman–Crippen LogP) is 1.45. The van der Waals surface area contributed by atoms with E-state index in [2.05, 4.69) is 11.2 Å². The van der Waals surface area contributed by atoms with Crippen molar-refractivity contribution in [3.63, 3.8) is 0 Å². The van der Waals surface area contributed by atoms with Crippen molar-refractivity contribution in [1.29, 1.82) is 0 Å². The number of unbranched alkanes of at least 4 members (excludes halogenated alkanes) is 1. The van der Waals surface area contributed by atoms with Crippen LogP contribution in [0, 0.1) is 12.3 Å². The topological polar surface area (TPSA) is 29.1 Å². The Kier molecular flexibility index (Phi) is 5.74. The molecule has 1 N–H and O–H groups in total. The van der Waals surface area contributed by atoms with E-state index in [0.29, 0.717) is 24.7 Å². The molecule has 78 valence electrons. The van der Waals surface area contributed by atoms with Gasteiger partial charge >= 0.3 is 0 Å². The third kappa shape index (κ3) is 4.69. The smallest absolute Gasteiger partial charge is 0.134 e. The summed E-state index contributed by atoms with van der Waals surface area (Å²) in [6.45, 7) is 1.03. The van der Waals surface area contributed by atoms with E-state index in [4.69, 9.17) is 6.42 Å². The third-order valence-corrected chi connectivity index (χ3v) is 3.38. The van der Waals surface area contributed by atoms with Crippen LogP contribution < -0.4 is 5.32 Å². The van der Waals surface area contributed by atoms with Crippen LogP contribution in [0.15, 0.2) is 0 Å². The zero-order valence-electron chi connectivity index (χ0n) is 8.42. The summed E-state index contributed by atoms with van der Waals surface area (Å²) in [7, 11) is 0. The zero-order chi connectivity index (χ0) is 10.2. The number of rotatable bonds is 5. The number of terminal acetylenes is 1. The van der Waals surface area contributed by atoms with Gasteiger partial charge in [0.2, 0.25) is 0 Å². The highest BCUT2D eigenvalue weighted by Crippen LogP contribution is 2.11. The summed E-state index contributed by atoms with van der Waals surface area (Å²) in [6, 6.07) is 0.395. The highest BCUT2D eigenvalue weighted by molar-refractivity contribution is 7.99. The number of hydrogen-bond donors (Lipinski definition) is 1. The van der Waals surface area contributed by atoms with Gasteiger partial charge in [0.1, 0.15) is 5.78 Å². The number of Topliss-reactive ketones (excluding diaryl/α,β-unsaturated/α-hetero) is 1. The first kappa shape index (κ1) is 11.6. The molecule has 1 unspecified atom stereocenters. The molecule has 1 fully saturated rings. The molecular weight excluding hydrogens is 194 g/mol. The molecule has 1 heterocycles. The third-order valence-electron chi connectivity index (χ3n) is 2.25. The van der Waals surface area contributed by atoms with Crippen LogP contribution in [0.2, 0.25) is 0 Å². The lowest BCUT2D eigenvalue weighted by molar-refractivity contribution is -0.119. The maximum Gasteiger partial charge on any atom is 0.134 e. The molecule has 0 aromatic heterocycles. The van der Waals surface area contributed by atoms with Crippen molar-refractivity contribution in [2.75, 3.05) is 18.1 Å². The fraction of sp³-hybridized carbons (Fsp3) is 0.727. The maximum absolute atomic E-state index is 11.5. The van der Waals surface area contributed by atoms with E-state index < -0.39 is 0 Å². The van der Waals surface area contributed by atoms with Gasteiger partial charge in [-0.15, -0.1) is 12.3 Å². The van der Waals surface area contributed by atoms with Crippen LogP contribution in [0.5, 0.6) is 0 Å². The largest absolute Gasteiger partial charge is 0.312 e. The Balaban J connectivity index is 2.10. The molecule has 0 amide bonds. The Morgan fingerprint density at radius 2 is 2.50 bits per heavy atom. The summed E-state index contributed by atoms with van der Waals surface area (Å²) in [5.74, 6) is 5.14. The molecule has 0 radical (unpaired) electrons. The van der Waals surface area contributed by atoms with Crippen molar-refractivity contribution >= 4 is 17.5 Å². The molecule has 2 nitrogen and oxygen atoms in total. The van der Waals surface area contributed by atoms with Crippen LogP contribution in [-0.4, -0.2) is 29.9 Å². The molecule has 0 aromatic rings. The van der Waals surface area contributed by atoms with Gasteiger partial charge in [0, 0.05) is 43.4 Å². The monoisotopic (exact) mass is 211 g/mol. The second-order valence-corrected chi connectivity index (χ2v) is 4.68. The Labute approximate surface area is 90.2 Å². The van der Waals surface area contributed by atoms with Gasteiger partial charge in [0.15, 0.2) is 0 Å². The van der Waals surface area contributed by atoms with E-state index in [0.717, 1.165) is 25.1 Å². The van der Waals surface area contributed by atoms with Gasteiger partial charge in [-0.2, -0.15) is 11.8 Å². The van der Waals surface area contributed by atoms with Gasteiger partial charge in [-0.1, -0.05) is 0 Å². The van der Waals surface area contributed by atoms with E-state index in [1.54, 1.807) is 0 Å². The van der Waals surface area contributed by atoms with Crippen molar-refractivity contribution < 1.29 is 4.79 Å². The minimum absolute atomic E-state index is 0.347. The summed E-state index contributed by atoms with van der Waals surface area (Å²) >= 11 is 1.93. The normalized spacial score (nSPS) is 21.5. The van der Waals surface area contributed by atoms with Crippen molar-refractivity contribution in [1.82, 2.24) is 5.32 Å². The molecule has 1 aliphatic rings. The highest BCUT2D eigenvalue weighted by atomic mass is 32.2. The van der Waals surface area contributed by atoms with Gasteiger partial charge in [0.05, 0.1) is 0 Å². The van der Waals surface area contributed by atoms with Gasteiger partial charge in [0.25, 0.3) is 0 Å². The van der Waals surface area contributed by atoms with Gasteiger partial charge in [-0.25, -0.2) is 0 Å². The van der Waals surface area contributed by atoms with Crippen LogP contribution in [0.4, 0.5) is 0 Å². The average molecular weight is 211 g/mol. The Hall–Kier alpha value is -0.460. The molecular formula is C11H17NOS. The van der Waals surface area contributed by atoms with E-state index >= 15 is 0 Å². The number of hydrogen-bond acceptors (Lipinski definition) is 3. The number of ketones is 1. The summed E-state index contributed by atoms with van der Waals surface area (Å²) in [5.41, 5.74) is 0. The highest BCUT2D eigenvalue weighted by Gasteiger charge is 2.15. The van der Waals surface area contributed by atoms with Crippen LogP contribution in [0.3, 0.4) is 0 Å². The maximum atomic E-state index is 11.5. The van der Waals surface area contributed by atoms with Crippen LogP contribution in [-0.2, 0) is 4.79 Å². The van der Waals surface area contributed by atoms with Crippen molar-refractivity contribution in [3.8, 4) is 12.3 Å². The molecule has 0 saturated carbocycles. The molecule has 0 spiro atoms. The lowest BCUT2D eigenvalue weighted by Crippen LogP contribution is -2.38. The van der Waals surface area contributed by atoms with Crippen LogP contribution in [0.25, 0.3) is 0 Å². The van der Waals surface area contributed by atoms with Crippen LogP contribution in [0.1, 0.15) is 25.7 Å². The minimum Gasteiger partial charge on any atom is -0.312 e. The Bertz CT molecular complexity index is 216. The fourth-order valence-corrected chi connectivity index (χ4v) is 2.46. The summed E-state index contributed by atoms with van der Waals surface area (Å²) in [4.78, 5) is 11.5. The number of thioether (sulfide) groups is 1. The Morgan fingerprint density at radius 1 is 1.64 bits per heavy atom. The van der Waals surface area contributed by atoms with E-state index in [9.17, 15) is 4.79 Å². The molecule has 0 aliphatic carbocycles. The van der Waals surface area contributed by atoms with Crippen LogP contribution >= 0.6 is 11.8 Å². The zero-order valence-corrected chi connectivity index (χ0v) is 9.24. The molecule has 0 aromatic carbocycles. The standard InChI is InChI=1S/C11H17NOS/c1-2-3-4-5-11(13)8-10-9-14-7-6-12-10/h1,10,12H,3-9H2. The molecule has 1 atom stereocenters. The van der Waals surface area contributed by atoms with Crippen molar-refractivity contribution in [2.24, 2.45) is 0 Å². The quantitative estimate of drug-likeness (QED) is 0.551. The second-order valence-electron chi connectivity index (χ2n) is 3.53. The fourth-order valence-electron chi connectivity index (χ4n) is 1.52. The SMILES string of the molecule is C#CCCCC(=O)CC1CSCCN1. The first-order valence-corrected chi connectivity index (χ1v) is 6.24. The van der Waals surface area contributed by atoms with Gasteiger partial charge < -0.3 is 5.32 Å². The first-order valence-electron chi connectivity index (χ1n) is 5.09. The summed E-state index contributed by atoms with van der Waals surface area (Å²) in [5, 5.41) is 3.36. The van der Waals surface area contributed by atoms with E-state index in [1.165, 1.54) is 5.75 Å². The number of carbonyl (C=O) groups excluding carboxylic acids is 1. The van der Waals surface area contributed by atoms with E-state index in [1.807, 2.05) is 11.8 Å². The molecule has 1 rings (SSSR count). The first-order chi connectivity index (χ1) is 6.83. The number of nitrogens with one attached hydrogen (secondary N) is 1. The molecule has 3 heteroatoms. The summed E-state index contributed by atoms with van der Waals surface area (Å²) in [6.07, 6.45) is 8.01. The van der Waals surface area contributed by atoms with Gasteiger partial charge in [-0.3, -0.25) is 4.79 Å². The molecule has 14 heavy (non-hydrogen) atoms. The van der Waals surface area contributed by atoms with Crippen molar-refractivity contribution in [2.45, 2.75) is 31.7 Å². The summed E-state index contributed by atoms with van der Waals surface area (Å²) < 4.78 is 0. The predicted molar refractivity (Wildman–Crippen MR) is 61.4 cm³/mol. The lowest BCUT2D eigenvalue weighted by Gasteiger charge is -2.22.